The number of ether oxygens (including phenoxy) is 3. The molecule has 2 aromatic carbocycles. The van der Waals surface area contributed by atoms with Crippen LogP contribution in [0.15, 0.2) is 41.3 Å². The van der Waals surface area contributed by atoms with E-state index in [1.165, 1.54) is 25.6 Å². The monoisotopic (exact) mass is 505 g/mol. The summed E-state index contributed by atoms with van der Waals surface area (Å²) >= 11 is 0. The van der Waals surface area contributed by atoms with Crippen LogP contribution in [0.5, 0.6) is 17.2 Å². The van der Waals surface area contributed by atoms with Crippen LogP contribution in [0.1, 0.15) is 45.2 Å². The van der Waals surface area contributed by atoms with Crippen molar-refractivity contribution >= 4 is 21.6 Å². The van der Waals surface area contributed by atoms with Crippen LogP contribution >= 0.6 is 0 Å². The fraction of sp³-hybridized carbons (Fsp3) is 0.480. The molecule has 0 radical (unpaired) electrons. The number of rotatable bonds is 9. The molecule has 0 spiro atoms. The molecule has 0 bridgehead atoms. The molecular weight excluding hydrogens is 470 g/mol. The summed E-state index contributed by atoms with van der Waals surface area (Å²) in [7, 11) is 1.02. The Hall–Kier alpha value is -2.98. The molecule has 2 aromatic rings. The van der Waals surface area contributed by atoms with Crippen LogP contribution in [0.25, 0.3) is 0 Å². The van der Waals surface area contributed by atoms with Gasteiger partial charge in [-0.3, -0.25) is 4.79 Å². The SMILES string of the molecule is COc1cc(C(Nc2ccc(S(=O)(=O)N3CCCC3)cc2)C(=O)NC(C)(C)C)cc(OC)c1OC. The number of hydrogen-bond donors (Lipinski definition) is 2. The van der Waals surface area contributed by atoms with Gasteiger partial charge in [0, 0.05) is 24.3 Å². The van der Waals surface area contributed by atoms with Crippen molar-refractivity contribution in [2.75, 3.05) is 39.7 Å². The number of nitrogens with one attached hydrogen (secondary N) is 2. The summed E-state index contributed by atoms with van der Waals surface area (Å²) in [5.41, 5.74) is 0.717. The van der Waals surface area contributed by atoms with Crippen molar-refractivity contribution < 1.29 is 27.4 Å². The number of benzene rings is 2. The fourth-order valence-corrected chi connectivity index (χ4v) is 5.49. The molecule has 0 aromatic heterocycles. The fourth-order valence-electron chi connectivity index (χ4n) is 3.98. The minimum atomic E-state index is -3.52. The second kappa shape index (κ2) is 10.7. The highest BCUT2D eigenvalue weighted by Gasteiger charge is 2.29. The molecule has 1 fully saturated rings. The highest BCUT2D eigenvalue weighted by Crippen LogP contribution is 2.40. The Bertz CT molecular complexity index is 1110. The van der Waals surface area contributed by atoms with Crippen molar-refractivity contribution in [2.45, 2.75) is 50.1 Å². The van der Waals surface area contributed by atoms with Crippen molar-refractivity contribution in [3.05, 3.63) is 42.0 Å². The van der Waals surface area contributed by atoms with Gasteiger partial charge in [0.25, 0.3) is 0 Å². The van der Waals surface area contributed by atoms with E-state index in [9.17, 15) is 13.2 Å². The second-order valence-corrected chi connectivity index (χ2v) is 11.3. The van der Waals surface area contributed by atoms with Crippen LogP contribution in [0.3, 0.4) is 0 Å². The van der Waals surface area contributed by atoms with E-state index in [2.05, 4.69) is 10.6 Å². The number of sulfonamides is 1. The highest BCUT2D eigenvalue weighted by atomic mass is 32.2. The van der Waals surface area contributed by atoms with Gasteiger partial charge in [-0.05, 0) is 75.6 Å². The molecule has 1 aliphatic rings. The van der Waals surface area contributed by atoms with Gasteiger partial charge in [-0.25, -0.2) is 8.42 Å². The van der Waals surface area contributed by atoms with Gasteiger partial charge in [0.2, 0.25) is 21.7 Å². The average Bonchev–Trinajstić information content (AvgIpc) is 3.36. The highest BCUT2D eigenvalue weighted by molar-refractivity contribution is 7.89. The molecule has 35 heavy (non-hydrogen) atoms. The summed E-state index contributed by atoms with van der Waals surface area (Å²) in [4.78, 5) is 13.6. The number of anilines is 1. The molecule has 3 rings (SSSR count). The van der Waals surface area contributed by atoms with Crippen LogP contribution in [0, 0.1) is 0 Å². The summed E-state index contributed by atoms with van der Waals surface area (Å²) < 4.78 is 43.6. The second-order valence-electron chi connectivity index (χ2n) is 9.41. The molecule has 9 nitrogen and oxygen atoms in total. The van der Waals surface area contributed by atoms with E-state index in [0.29, 0.717) is 41.6 Å². The van der Waals surface area contributed by atoms with E-state index in [1.807, 2.05) is 20.8 Å². The zero-order chi connectivity index (χ0) is 25.8. The van der Waals surface area contributed by atoms with Gasteiger partial charge in [-0.1, -0.05) is 0 Å². The number of methoxy groups -OCH3 is 3. The van der Waals surface area contributed by atoms with E-state index in [4.69, 9.17) is 14.2 Å². The van der Waals surface area contributed by atoms with Gasteiger partial charge in [-0.15, -0.1) is 0 Å². The van der Waals surface area contributed by atoms with Crippen molar-refractivity contribution in [3.63, 3.8) is 0 Å². The third-order valence-corrected chi connectivity index (χ3v) is 7.56. The maximum Gasteiger partial charge on any atom is 0.247 e. The molecular formula is C25H35N3O6S. The third-order valence-electron chi connectivity index (χ3n) is 5.65. The Morgan fingerprint density at radius 1 is 0.943 bits per heavy atom. The Kier molecular flexibility index (Phi) is 8.17. The first-order valence-corrected chi connectivity index (χ1v) is 12.9. The summed E-state index contributed by atoms with van der Waals surface area (Å²) in [6, 6.07) is 9.06. The lowest BCUT2D eigenvalue weighted by molar-refractivity contribution is -0.123. The molecule has 1 aliphatic heterocycles. The lowest BCUT2D eigenvalue weighted by atomic mass is 10.0. The van der Waals surface area contributed by atoms with E-state index in [-0.39, 0.29) is 10.8 Å². The van der Waals surface area contributed by atoms with Crippen LogP contribution in [-0.4, -0.2) is 58.6 Å². The average molecular weight is 506 g/mol. The Balaban J connectivity index is 1.96. The van der Waals surface area contributed by atoms with Gasteiger partial charge < -0.3 is 24.8 Å². The van der Waals surface area contributed by atoms with Crippen LogP contribution < -0.4 is 24.8 Å². The van der Waals surface area contributed by atoms with Crippen LogP contribution in [0.4, 0.5) is 5.69 Å². The summed E-state index contributed by atoms with van der Waals surface area (Å²) in [6.07, 6.45) is 1.75. The van der Waals surface area contributed by atoms with Gasteiger partial charge in [0.15, 0.2) is 11.5 Å². The summed E-state index contributed by atoms with van der Waals surface area (Å²) in [6.45, 7) is 6.77. The van der Waals surface area contributed by atoms with E-state index in [1.54, 1.807) is 36.4 Å². The first-order chi connectivity index (χ1) is 16.5. The predicted molar refractivity (Wildman–Crippen MR) is 135 cm³/mol. The van der Waals surface area contributed by atoms with E-state index >= 15 is 0 Å². The van der Waals surface area contributed by atoms with Gasteiger partial charge in [0.1, 0.15) is 6.04 Å². The summed E-state index contributed by atoms with van der Waals surface area (Å²) in [5, 5.41) is 6.23. The Labute approximate surface area is 207 Å². The lowest BCUT2D eigenvalue weighted by Crippen LogP contribution is -2.44. The number of carbonyl (C=O) groups is 1. The standard InChI is InChI=1S/C25H35N3O6S/c1-25(2,3)27-24(29)22(17-15-20(32-4)23(34-6)21(16-17)33-5)26-18-9-11-19(12-10-18)35(30,31)28-13-7-8-14-28/h9-12,15-16,22,26H,7-8,13-14H2,1-6H3,(H,27,29). The van der Waals surface area contributed by atoms with Crippen LogP contribution in [0.2, 0.25) is 0 Å². The van der Waals surface area contributed by atoms with E-state index in [0.717, 1.165) is 12.8 Å². The van der Waals surface area contributed by atoms with Crippen molar-refractivity contribution in [1.29, 1.82) is 0 Å². The van der Waals surface area contributed by atoms with E-state index < -0.39 is 21.6 Å². The van der Waals surface area contributed by atoms with Gasteiger partial charge in [0.05, 0.1) is 26.2 Å². The largest absolute Gasteiger partial charge is 0.493 e. The smallest absolute Gasteiger partial charge is 0.247 e. The molecule has 2 N–H and O–H groups in total. The zero-order valence-electron chi connectivity index (χ0n) is 21.2. The number of amides is 1. The maximum absolute atomic E-state index is 13.3. The number of hydrogen-bond acceptors (Lipinski definition) is 7. The van der Waals surface area contributed by atoms with Crippen molar-refractivity contribution in [2.24, 2.45) is 0 Å². The molecule has 1 heterocycles. The number of carbonyl (C=O) groups excluding carboxylic acids is 1. The zero-order valence-corrected chi connectivity index (χ0v) is 22.0. The third kappa shape index (κ3) is 6.18. The topological polar surface area (TPSA) is 106 Å². The molecule has 0 saturated carbocycles. The minimum Gasteiger partial charge on any atom is -0.493 e. The number of nitrogens with zero attached hydrogens (tertiary/aromatic N) is 1. The summed E-state index contributed by atoms with van der Waals surface area (Å²) in [5.74, 6) is 0.999. The molecule has 1 atom stereocenters. The van der Waals surface area contributed by atoms with Crippen molar-refractivity contribution in [1.82, 2.24) is 9.62 Å². The minimum absolute atomic E-state index is 0.230. The predicted octanol–water partition coefficient (Wildman–Crippen LogP) is 3.56. The van der Waals surface area contributed by atoms with Crippen LogP contribution in [-0.2, 0) is 14.8 Å². The molecule has 192 valence electrons. The normalized spacial score (nSPS) is 15.4. The first kappa shape index (κ1) is 26.6. The lowest BCUT2D eigenvalue weighted by Gasteiger charge is -2.27. The first-order valence-electron chi connectivity index (χ1n) is 11.5. The molecule has 1 unspecified atom stereocenters. The molecule has 1 amide bonds. The molecule has 1 saturated heterocycles. The maximum atomic E-state index is 13.3. The molecule has 0 aliphatic carbocycles. The Morgan fingerprint density at radius 2 is 1.49 bits per heavy atom. The van der Waals surface area contributed by atoms with Crippen molar-refractivity contribution in [3.8, 4) is 17.2 Å². The Morgan fingerprint density at radius 3 is 1.94 bits per heavy atom. The van der Waals surface area contributed by atoms with Gasteiger partial charge >= 0.3 is 0 Å². The quantitative estimate of drug-likeness (QED) is 0.537. The molecule has 10 heteroatoms. The van der Waals surface area contributed by atoms with Gasteiger partial charge in [-0.2, -0.15) is 4.31 Å².